The molecule has 0 spiro atoms. The summed E-state index contributed by atoms with van der Waals surface area (Å²) in [6, 6.07) is -1.00. The number of aliphatic hydroxyl groups excluding tert-OH is 2. The second-order valence-electron chi connectivity index (χ2n) is 14.4. The standard InChI is InChI=1S/C42H81N2O7P/c1-3-5-7-9-11-13-14-15-16-17-18-19-20-21-22-23-24-26-27-29-31-33-39(45)37-42(47)44-40(38-51-52(48,49)50-36-35-43)41(46)34-32-30-28-25-12-10-8-6-4-2/h4,6,12,25,32,34,39-41,45-46H,3,5,7-11,13-24,26-31,33,35-38,43H2,1-2H3,(H,44,47)(H,48,49)/b6-4+,25-12+,34-32+. The molecule has 4 unspecified atom stereocenters. The summed E-state index contributed by atoms with van der Waals surface area (Å²) in [5, 5.41) is 23.9. The first-order chi connectivity index (χ1) is 25.3. The lowest BCUT2D eigenvalue weighted by atomic mass is 10.0. The van der Waals surface area contributed by atoms with E-state index in [1.807, 2.05) is 13.0 Å². The molecule has 0 aromatic rings. The van der Waals surface area contributed by atoms with E-state index in [-0.39, 0.29) is 19.6 Å². The van der Waals surface area contributed by atoms with Crippen molar-refractivity contribution in [2.75, 3.05) is 19.8 Å². The van der Waals surface area contributed by atoms with Gasteiger partial charge in [0, 0.05) is 6.54 Å². The molecule has 9 nitrogen and oxygen atoms in total. The number of rotatable bonds is 39. The average Bonchev–Trinajstić information content (AvgIpc) is 3.12. The van der Waals surface area contributed by atoms with Crippen LogP contribution in [0.25, 0.3) is 0 Å². The minimum absolute atomic E-state index is 0.0423. The Labute approximate surface area is 319 Å². The number of allylic oxidation sites excluding steroid dienone is 5. The first-order valence-electron chi connectivity index (χ1n) is 21.2. The van der Waals surface area contributed by atoms with Crippen molar-refractivity contribution in [2.45, 2.75) is 205 Å². The smallest absolute Gasteiger partial charge is 0.393 e. The van der Waals surface area contributed by atoms with Crippen molar-refractivity contribution in [1.82, 2.24) is 5.32 Å². The molecule has 0 fully saturated rings. The summed E-state index contributed by atoms with van der Waals surface area (Å²) < 4.78 is 21.9. The van der Waals surface area contributed by atoms with Crippen LogP contribution in [0.4, 0.5) is 0 Å². The van der Waals surface area contributed by atoms with Crippen LogP contribution in [0.1, 0.15) is 187 Å². The van der Waals surface area contributed by atoms with Gasteiger partial charge in [-0.2, -0.15) is 0 Å². The van der Waals surface area contributed by atoms with E-state index in [0.29, 0.717) is 12.8 Å². The third kappa shape index (κ3) is 35.7. The molecule has 1 amide bonds. The van der Waals surface area contributed by atoms with E-state index in [1.165, 1.54) is 116 Å². The SMILES string of the molecule is C/C=C/CC/C=C/CC/C=C/C(O)C(COP(=O)(O)OCCN)NC(=O)CC(O)CCCCCCCCCCCCCCCCCCCCCCC. The summed E-state index contributed by atoms with van der Waals surface area (Å²) in [4.78, 5) is 22.6. The average molecular weight is 757 g/mol. The number of hydrogen-bond acceptors (Lipinski definition) is 7. The highest BCUT2D eigenvalue weighted by Crippen LogP contribution is 2.43. The molecule has 0 aromatic carbocycles. The second-order valence-corrected chi connectivity index (χ2v) is 15.8. The lowest BCUT2D eigenvalue weighted by Gasteiger charge is -2.24. The van der Waals surface area contributed by atoms with Gasteiger partial charge in [-0.05, 0) is 39.0 Å². The van der Waals surface area contributed by atoms with E-state index in [1.54, 1.807) is 12.2 Å². The number of nitrogens with one attached hydrogen (secondary N) is 1. The first-order valence-corrected chi connectivity index (χ1v) is 22.7. The summed E-state index contributed by atoms with van der Waals surface area (Å²) in [6.07, 6.45) is 41.3. The molecule has 4 atom stereocenters. The fourth-order valence-electron chi connectivity index (χ4n) is 6.16. The zero-order valence-electron chi connectivity index (χ0n) is 33.4. The van der Waals surface area contributed by atoms with E-state index in [2.05, 4.69) is 30.5 Å². The van der Waals surface area contributed by atoms with Crippen LogP contribution >= 0.6 is 7.82 Å². The van der Waals surface area contributed by atoms with Gasteiger partial charge in [0.05, 0.1) is 37.9 Å². The van der Waals surface area contributed by atoms with E-state index in [9.17, 15) is 24.5 Å². The Balaban J connectivity index is 4.14. The number of phosphoric ester groups is 1. The molecule has 306 valence electrons. The molecule has 10 heteroatoms. The van der Waals surface area contributed by atoms with Gasteiger partial charge in [-0.1, -0.05) is 178 Å². The molecular weight excluding hydrogens is 675 g/mol. The molecule has 0 heterocycles. The van der Waals surface area contributed by atoms with Gasteiger partial charge >= 0.3 is 7.82 Å². The van der Waals surface area contributed by atoms with Crippen LogP contribution in [0, 0.1) is 0 Å². The summed E-state index contributed by atoms with van der Waals surface area (Å²) in [6.45, 7) is 3.71. The van der Waals surface area contributed by atoms with Crippen molar-refractivity contribution < 1.29 is 33.5 Å². The Morgan fingerprint density at radius 2 is 1.13 bits per heavy atom. The Morgan fingerprint density at radius 3 is 1.60 bits per heavy atom. The number of hydrogen-bond donors (Lipinski definition) is 5. The Kier molecular flexibility index (Phi) is 37.0. The molecule has 0 saturated heterocycles. The highest BCUT2D eigenvalue weighted by molar-refractivity contribution is 7.47. The van der Waals surface area contributed by atoms with Gasteiger partial charge in [-0.3, -0.25) is 13.8 Å². The minimum atomic E-state index is -4.40. The monoisotopic (exact) mass is 757 g/mol. The quantitative estimate of drug-likeness (QED) is 0.0236. The van der Waals surface area contributed by atoms with Crippen LogP contribution in [0.3, 0.4) is 0 Å². The van der Waals surface area contributed by atoms with Crippen LogP contribution in [0.2, 0.25) is 0 Å². The number of nitrogens with two attached hydrogens (primary N) is 1. The van der Waals surface area contributed by atoms with Crippen molar-refractivity contribution in [3.05, 3.63) is 36.5 Å². The predicted molar refractivity (Wildman–Crippen MR) is 218 cm³/mol. The molecule has 0 bridgehead atoms. The maximum absolute atomic E-state index is 12.7. The van der Waals surface area contributed by atoms with Crippen molar-refractivity contribution in [3.63, 3.8) is 0 Å². The van der Waals surface area contributed by atoms with Crippen LogP contribution < -0.4 is 11.1 Å². The largest absolute Gasteiger partial charge is 0.472 e. The number of phosphoric acid groups is 1. The molecular formula is C42H81N2O7P. The van der Waals surface area contributed by atoms with Gasteiger partial charge in [0.2, 0.25) is 5.91 Å². The van der Waals surface area contributed by atoms with E-state index in [0.717, 1.165) is 38.5 Å². The maximum atomic E-state index is 12.7. The summed E-state index contributed by atoms with van der Waals surface area (Å²) in [7, 11) is -4.40. The Morgan fingerprint density at radius 1 is 0.692 bits per heavy atom. The topological polar surface area (TPSA) is 151 Å². The number of aliphatic hydroxyl groups is 2. The van der Waals surface area contributed by atoms with Gasteiger partial charge in [0.15, 0.2) is 0 Å². The molecule has 0 radical (unpaired) electrons. The fourth-order valence-corrected chi connectivity index (χ4v) is 6.92. The van der Waals surface area contributed by atoms with Crippen LogP contribution in [-0.4, -0.2) is 59.0 Å². The first kappa shape index (κ1) is 50.7. The molecule has 0 aromatic heterocycles. The van der Waals surface area contributed by atoms with Gasteiger partial charge < -0.3 is 26.2 Å². The Hall–Kier alpha value is -1.32. The fraction of sp³-hybridized carbons (Fsp3) is 0.833. The van der Waals surface area contributed by atoms with Crippen molar-refractivity contribution in [1.29, 1.82) is 0 Å². The van der Waals surface area contributed by atoms with Crippen molar-refractivity contribution >= 4 is 13.7 Å². The number of unbranched alkanes of at least 4 members (excludes halogenated alkanes) is 22. The van der Waals surface area contributed by atoms with Gasteiger partial charge in [-0.15, -0.1) is 0 Å². The second kappa shape index (κ2) is 38.0. The lowest BCUT2D eigenvalue weighted by Crippen LogP contribution is -2.46. The Bertz CT molecular complexity index is 930. The molecule has 0 rings (SSSR count). The van der Waals surface area contributed by atoms with E-state index in [4.69, 9.17) is 14.8 Å². The number of carbonyl (C=O) groups excluding carboxylic acids is 1. The molecule has 0 aliphatic carbocycles. The van der Waals surface area contributed by atoms with Crippen LogP contribution in [-0.2, 0) is 18.4 Å². The highest BCUT2D eigenvalue weighted by atomic mass is 31.2. The molecule has 0 aliphatic rings. The van der Waals surface area contributed by atoms with Gasteiger partial charge in [0.1, 0.15) is 0 Å². The van der Waals surface area contributed by atoms with E-state index < -0.39 is 38.6 Å². The third-order valence-corrected chi connectivity index (χ3v) is 10.3. The van der Waals surface area contributed by atoms with Gasteiger partial charge in [0.25, 0.3) is 0 Å². The molecule has 52 heavy (non-hydrogen) atoms. The van der Waals surface area contributed by atoms with Crippen LogP contribution in [0.5, 0.6) is 0 Å². The maximum Gasteiger partial charge on any atom is 0.472 e. The third-order valence-electron chi connectivity index (χ3n) is 9.35. The zero-order chi connectivity index (χ0) is 38.4. The summed E-state index contributed by atoms with van der Waals surface area (Å²) in [5.41, 5.74) is 5.34. The summed E-state index contributed by atoms with van der Waals surface area (Å²) >= 11 is 0. The zero-order valence-corrected chi connectivity index (χ0v) is 34.3. The predicted octanol–water partition coefficient (Wildman–Crippen LogP) is 10.5. The highest BCUT2D eigenvalue weighted by Gasteiger charge is 2.27. The molecule has 6 N–H and O–H groups in total. The number of amides is 1. The minimum Gasteiger partial charge on any atom is -0.393 e. The number of carbonyl (C=O) groups is 1. The lowest BCUT2D eigenvalue weighted by molar-refractivity contribution is -0.124. The normalized spacial score (nSPS) is 15.1. The summed E-state index contributed by atoms with van der Waals surface area (Å²) in [5.74, 6) is -0.461. The van der Waals surface area contributed by atoms with Crippen LogP contribution in [0.15, 0.2) is 36.5 Å². The van der Waals surface area contributed by atoms with Crippen molar-refractivity contribution in [3.8, 4) is 0 Å². The van der Waals surface area contributed by atoms with E-state index >= 15 is 0 Å². The van der Waals surface area contributed by atoms with Crippen molar-refractivity contribution in [2.24, 2.45) is 5.73 Å². The molecule has 0 saturated carbocycles. The molecule has 0 aliphatic heterocycles. The van der Waals surface area contributed by atoms with Gasteiger partial charge in [-0.25, -0.2) is 4.57 Å².